The van der Waals surface area contributed by atoms with Crippen LogP contribution in [0.4, 0.5) is 0 Å². The van der Waals surface area contributed by atoms with Crippen LogP contribution in [0.3, 0.4) is 0 Å². The number of nitrogens with zero attached hydrogens (tertiary/aromatic N) is 1. The molecule has 1 aromatic heterocycles. The molecule has 0 bridgehead atoms. The van der Waals surface area contributed by atoms with Gasteiger partial charge in [-0.2, -0.15) is 23.5 Å². The maximum absolute atomic E-state index is 4.57. The Bertz CT molecular complexity index is 249. The molecule has 3 heteroatoms. The number of thioether (sulfide) groups is 2. The molecule has 0 fully saturated rings. The quantitative estimate of drug-likeness (QED) is 0.763. The van der Waals surface area contributed by atoms with E-state index in [4.69, 9.17) is 0 Å². The van der Waals surface area contributed by atoms with Gasteiger partial charge < -0.3 is 0 Å². The van der Waals surface area contributed by atoms with Gasteiger partial charge >= 0.3 is 0 Å². The molecule has 0 aromatic carbocycles. The highest BCUT2D eigenvalue weighted by molar-refractivity contribution is 7.98. The van der Waals surface area contributed by atoms with Crippen LogP contribution in [-0.4, -0.2) is 17.5 Å². The van der Waals surface area contributed by atoms with E-state index in [0.717, 1.165) is 11.5 Å². The van der Waals surface area contributed by atoms with Gasteiger partial charge in [-0.05, 0) is 37.1 Å². The molecule has 0 aliphatic rings. The maximum Gasteiger partial charge on any atom is 0.0508 e. The molecule has 0 atom stereocenters. The van der Waals surface area contributed by atoms with Gasteiger partial charge in [-0.25, -0.2) is 0 Å². The zero-order chi connectivity index (χ0) is 9.68. The molecule has 72 valence electrons. The topological polar surface area (TPSA) is 12.9 Å². The van der Waals surface area contributed by atoms with Gasteiger partial charge in [0.05, 0.1) is 11.4 Å². The van der Waals surface area contributed by atoms with Gasteiger partial charge in [0.15, 0.2) is 0 Å². The lowest BCUT2D eigenvalue weighted by Crippen LogP contribution is -1.94. The molecule has 1 rings (SSSR count). The van der Waals surface area contributed by atoms with Crippen LogP contribution in [0.2, 0.25) is 0 Å². The summed E-state index contributed by atoms with van der Waals surface area (Å²) in [5.74, 6) is 2.03. The van der Waals surface area contributed by atoms with Crippen LogP contribution in [0.25, 0.3) is 0 Å². The zero-order valence-electron chi connectivity index (χ0n) is 8.33. The van der Waals surface area contributed by atoms with E-state index in [0.29, 0.717) is 0 Å². The van der Waals surface area contributed by atoms with Crippen molar-refractivity contribution < 1.29 is 0 Å². The van der Waals surface area contributed by atoms with Gasteiger partial charge in [0, 0.05) is 11.5 Å². The molecule has 1 aromatic rings. The molecule has 0 N–H and O–H groups in total. The van der Waals surface area contributed by atoms with E-state index < -0.39 is 0 Å². The van der Waals surface area contributed by atoms with Crippen molar-refractivity contribution in [2.24, 2.45) is 0 Å². The zero-order valence-corrected chi connectivity index (χ0v) is 9.97. The summed E-state index contributed by atoms with van der Waals surface area (Å²) in [6.07, 6.45) is 4.22. The van der Waals surface area contributed by atoms with Crippen molar-refractivity contribution in [1.82, 2.24) is 4.98 Å². The first kappa shape index (κ1) is 10.9. The Labute approximate surface area is 88.7 Å². The standard InChI is InChI=1S/C10H15NS2/c1-8-4-9(6-12-2)11-10(5-8)7-13-3/h4-5H,6-7H2,1-3H3. The minimum absolute atomic E-state index is 1.02. The van der Waals surface area contributed by atoms with Gasteiger partial charge in [-0.1, -0.05) is 0 Å². The Hall–Kier alpha value is -0.150. The molecule has 1 nitrogen and oxygen atoms in total. The van der Waals surface area contributed by atoms with Crippen LogP contribution in [0.1, 0.15) is 17.0 Å². The van der Waals surface area contributed by atoms with Crippen LogP contribution < -0.4 is 0 Å². The number of rotatable bonds is 4. The van der Waals surface area contributed by atoms with Crippen LogP contribution in [0, 0.1) is 6.92 Å². The number of aromatic nitrogens is 1. The van der Waals surface area contributed by atoms with Crippen molar-refractivity contribution in [2.45, 2.75) is 18.4 Å². The summed E-state index contributed by atoms with van der Waals surface area (Å²) in [6.45, 7) is 2.13. The van der Waals surface area contributed by atoms with Crippen LogP contribution in [-0.2, 0) is 11.5 Å². The molecule has 0 aliphatic carbocycles. The molecule has 0 saturated heterocycles. The second-order valence-electron chi connectivity index (χ2n) is 2.99. The van der Waals surface area contributed by atoms with Crippen molar-refractivity contribution in [3.63, 3.8) is 0 Å². The SMILES string of the molecule is CSCc1cc(C)cc(CSC)n1. The molecular weight excluding hydrogens is 198 g/mol. The van der Waals surface area contributed by atoms with Crippen molar-refractivity contribution in [1.29, 1.82) is 0 Å². The minimum Gasteiger partial charge on any atom is -0.256 e. The third-order valence-electron chi connectivity index (χ3n) is 1.66. The largest absolute Gasteiger partial charge is 0.256 e. The fraction of sp³-hybridized carbons (Fsp3) is 0.500. The summed E-state index contributed by atoms with van der Waals surface area (Å²) < 4.78 is 0. The molecule has 0 aliphatic heterocycles. The molecule has 0 amide bonds. The highest BCUT2D eigenvalue weighted by atomic mass is 32.2. The summed E-state index contributed by atoms with van der Waals surface area (Å²) >= 11 is 3.64. The van der Waals surface area contributed by atoms with E-state index in [9.17, 15) is 0 Å². The Balaban J connectivity index is 2.83. The third-order valence-corrected chi connectivity index (χ3v) is 2.83. The van der Waals surface area contributed by atoms with Gasteiger partial charge in [0.2, 0.25) is 0 Å². The monoisotopic (exact) mass is 213 g/mol. The Morgan fingerprint density at radius 2 is 1.54 bits per heavy atom. The number of aryl methyl sites for hydroxylation is 1. The Kier molecular flexibility index (Phi) is 4.67. The number of hydrogen-bond donors (Lipinski definition) is 0. The summed E-state index contributed by atoms with van der Waals surface area (Å²) in [5.41, 5.74) is 3.73. The van der Waals surface area contributed by atoms with Gasteiger partial charge in [0.25, 0.3) is 0 Å². The molecule has 1 heterocycles. The average Bonchev–Trinajstić information content (AvgIpc) is 2.04. The predicted octanol–water partition coefficient (Wildman–Crippen LogP) is 3.12. The molecule has 0 radical (unpaired) electrons. The normalized spacial score (nSPS) is 10.4. The van der Waals surface area contributed by atoms with Crippen LogP contribution in [0.15, 0.2) is 12.1 Å². The average molecular weight is 213 g/mol. The van der Waals surface area contributed by atoms with Crippen molar-refractivity contribution in [3.8, 4) is 0 Å². The predicted molar refractivity (Wildman–Crippen MR) is 63.4 cm³/mol. The minimum atomic E-state index is 1.02. The van der Waals surface area contributed by atoms with E-state index >= 15 is 0 Å². The summed E-state index contributed by atoms with van der Waals surface area (Å²) in [4.78, 5) is 4.57. The first-order valence-electron chi connectivity index (χ1n) is 4.20. The Morgan fingerprint density at radius 1 is 1.08 bits per heavy atom. The molecule has 13 heavy (non-hydrogen) atoms. The lowest BCUT2D eigenvalue weighted by Gasteiger charge is -2.04. The van der Waals surface area contributed by atoms with E-state index in [1.54, 1.807) is 0 Å². The van der Waals surface area contributed by atoms with Crippen LogP contribution in [0.5, 0.6) is 0 Å². The number of hydrogen-bond acceptors (Lipinski definition) is 3. The molecule has 0 saturated carbocycles. The Morgan fingerprint density at radius 3 is 1.92 bits per heavy atom. The van der Waals surface area contributed by atoms with Crippen molar-refractivity contribution in [3.05, 3.63) is 29.1 Å². The van der Waals surface area contributed by atoms with Crippen molar-refractivity contribution >= 4 is 23.5 Å². The fourth-order valence-corrected chi connectivity index (χ4v) is 2.15. The lowest BCUT2D eigenvalue weighted by molar-refractivity contribution is 1.08. The molecular formula is C10H15NS2. The van der Waals surface area contributed by atoms with E-state index in [2.05, 4.69) is 36.6 Å². The molecule has 0 spiro atoms. The maximum atomic E-state index is 4.57. The summed E-state index contributed by atoms with van der Waals surface area (Å²) in [6, 6.07) is 4.33. The van der Waals surface area contributed by atoms with Gasteiger partial charge in [-0.3, -0.25) is 4.98 Å². The summed E-state index contributed by atoms with van der Waals surface area (Å²) in [7, 11) is 0. The van der Waals surface area contributed by atoms with E-state index in [-0.39, 0.29) is 0 Å². The van der Waals surface area contributed by atoms with Crippen LogP contribution >= 0.6 is 23.5 Å². The first-order chi connectivity index (χ1) is 6.26. The number of pyridine rings is 1. The fourth-order valence-electron chi connectivity index (χ4n) is 1.26. The molecule has 0 unspecified atom stereocenters. The third kappa shape index (κ3) is 3.61. The first-order valence-corrected chi connectivity index (χ1v) is 6.99. The second-order valence-corrected chi connectivity index (χ2v) is 4.73. The summed E-state index contributed by atoms with van der Waals surface area (Å²) in [5, 5.41) is 0. The smallest absolute Gasteiger partial charge is 0.0508 e. The van der Waals surface area contributed by atoms with Crippen molar-refractivity contribution in [2.75, 3.05) is 12.5 Å². The van der Waals surface area contributed by atoms with E-state index in [1.807, 2.05) is 23.5 Å². The van der Waals surface area contributed by atoms with E-state index in [1.165, 1.54) is 17.0 Å². The lowest BCUT2D eigenvalue weighted by atomic mass is 10.2. The van der Waals surface area contributed by atoms with Gasteiger partial charge in [-0.15, -0.1) is 0 Å². The highest BCUT2D eigenvalue weighted by Gasteiger charge is 1.99. The highest BCUT2D eigenvalue weighted by Crippen LogP contribution is 2.13. The van der Waals surface area contributed by atoms with Gasteiger partial charge in [0.1, 0.15) is 0 Å². The second kappa shape index (κ2) is 5.55.